The van der Waals surface area contributed by atoms with E-state index in [-0.39, 0.29) is 39.7 Å². The van der Waals surface area contributed by atoms with E-state index in [2.05, 4.69) is 41.5 Å². The molecule has 3 nitrogen and oxygen atoms in total. The van der Waals surface area contributed by atoms with Gasteiger partial charge in [0.15, 0.2) is 0 Å². The standard InChI is InChI=1S/C19H34O3/c1-16(2)7-13(20)9-18(16,5)11-15(22)12-19(6)10-14(21)8-17(19,3)4/h13-14,20-21H,7-12H2,1-6H3/t13-,14?,18-,19?/m1/s1. The van der Waals surface area contributed by atoms with Gasteiger partial charge in [-0.25, -0.2) is 0 Å². The largest absolute Gasteiger partial charge is 0.393 e. The summed E-state index contributed by atoms with van der Waals surface area (Å²) in [6, 6.07) is 0. The van der Waals surface area contributed by atoms with Crippen molar-refractivity contribution in [2.24, 2.45) is 21.7 Å². The zero-order valence-electron chi connectivity index (χ0n) is 15.2. The Hall–Kier alpha value is -0.410. The highest BCUT2D eigenvalue weighted by Gasteiger charge is 2.53. The van der Waals surface area contributed by atoms with Gasteiger partial charge >= 0.3 is 0 Å². The van der Waals surface area contributed by atoms with E-state index in [1.165, 1.54) is 0 Å². The molecule has 2 unspecified atom stereocenters. The zero-order valence-corrected chi connectivity index (χ0v) is 15.2. The minimum atomic E-state index is -0.284. The lowest BCUT2D eigenvalue weighted by Gasteiger charge is -2.41. The lowest BCUT2D eigenvalue weighted by Crippen LogP contribution is -2.36. The summed E-state index contributed by atoms with van der Waals surface area (Å²) < 4.78 is 0. The number of ketones is 1. The van der Waals surface area contributed by atoms with Crippen LogP contribution in [0.15, 0.2) is 0 Å². The molecule has 0 aromatic heterocycles. The first-order chi connectivity index (χ1) is 9.80. The number of hydrogen-bond donors (Lipinski definition) is 2. The van der Waals surface area contributed by atoms with Crippen LogP contribution >= 0.6 is 0 Å². The topological polar surface area (TPSA) is 57.5 Å². The molecule has 22 heavy (non-hydrogen) atoms. The quantitative estimate of drug-likeness (QED) is 0.832. The molecule has 2 fully saturated rings. The SMILES string of the molecule is CC1(C)CC(O)CC1(C)CC(=O)C[C@@]1(C)C[C@H](O)CC1(C)C. The van der Waals surface area contributed by atoms with Crippen molar-refractivity contribution in [3.8, 4) is 0 Å². The molecular formula is C19H34O3. The van der Waals surface area contributed by atoms with Crippen LogP contribution in [-0.2, 0) is 4.79 Å². The Kier molecular flexibility index (Phi) is 4.33. The van der Waals surface area contributed by atoms with Crippen molar-refractivity contribution >= 4 is 5.78 Å². The van der Waals surface area contributed by atoms with Gasteiger partial charge in [0.05, 0.1) is 12.2 Å². The van der Waals surface area contributed by atoms with E-state index < -0.39 is 0 Å². The summed E-state index contributed by atoms with van der Waals surface area (Å²) >= 11 is 0. The van der Waals surface area contributed by atoms with Gasteiger partial charge in [-0.1, -0.05) is 41.5 Å². The van der Waals surface area contributed by atoms with Gasteiger partial charge < -0.3 is 10.2 Å². The minimum Gasteiger partial charge on any atom is -0.393 e. The Balaban J connectivity index is 2.08. The molecule has 2 aliphatic carbocycles. The maximum Gasteiger partial charge on any atom is 0.134 e. The van der Waals surface area contributed by atoms with Crippen LogP contribution in [0, 0.1) is 21.7 Å². The van der Waals surface area contributed by atoms with Gasteiger partial charge in [-0.05, 0) is 47.3 Å². The number of aliphatic hydroxyl groups is 2. The molecule has 2 saturated carbocycles. The highest BCUT2D eigenvalue weighted by atomic mass is 16.3. The van der Waals surface area contributed by atoms with Crippen molar-refractivity contribution in [1.82, 2.24) is 0 Å². The lowest BCUT2D eigenvalue weighted by molar-refractivity contribution is -0.126. The Morgan fingerprint density at radius 3 is 1.32 bits per heavy atom. The van der Waals surface area contributed by atoms with E-state index in [0.29, 0.717) is 25.7 Å². The molecule has 2 rings (SSSR count). The van der Waals surface area contributed by atoms with Gasteiger partial charge in [0, 0.05) is 12.8 Å². The number of carbonyl (C=O) groups excluding carboxylic acids is 1. The number of Topliss-reactive ketones (excluding diaryl/α,β-unsaturated/α-hetero) is 1. The van der Waals surface area contributed by atoms with Crippen LogP contribution in [0.1, 0.15) is 80.1 Å². The maximum atomic E-state index is 12.8. The number of hydrogen-bond acceptors (Lipinski definition) is 3. The summed E-state index contributed by atoms with van der Waals surface area (Å²) in [5.74, 6) is 0.286. The highest BCUT2D eigenvalue weighted by molar-refractivity contribution is 5.80. The summed E-state index contributed by atoms with van der Waals surface area (Å²) in [5, 5.41) is 20.0. The number of carbonyl (C=O) groups is 1. The summed E-state index contributed by atoms with van der Waals surface area (Å²) in [6.45, 7) is 13.0. The molecule has 2 aliphatic rings. The fourth-order valence-electron chi connectivity index (χ4n) is 4.96. The monoisotopic (exact) mass is 310 g/mol. The van der Waals surface area contributed by atoms with E-state index >= 15 is 0 Å². The summed E-state index contributed by atoms with van der Waals surface area (Å²) in [6.07, 6.45) is 3.50. The van der Waals surface area contributed by atoms with E-state index in [0.717, 1.165) is 12.8 Å². The molecule has 0 bridgehead atoms. The number of aliphatic hydroxyl groups excluding tert-OH is 2. The lowest BCUT2D eigenvalue weighted by atomic mass is 9.63. The predicted octanol–water partition coefficient (Wildman–Crippen LogP) is 3.71. The van der Waals surface area contributed by atoms with Crippen LogP contribution in [-0.4, -0.2) is 28.2 Å². The predicted molar refractivity (Wildman–Crippen MR) is 88.5 cm³/mol. The molecule has 128 valence electrons. The Labute approximate surface area is 135 Å². The Morgan fingerprint density at radius 2 is 1.09 bits per heavy atom. The van der Waals surface area contributed by atoms with Gasteiger partial charge in [0.2, 0.25) is 0 Å². The van der Waals surface area contributed by atoms with Crippen LogP contribution in [0.5, 0.6) is 0 Å². The van der Waals surface area contributed by atoms with Gasteiger partial charge in [-0.3, -0.25) is 4.79 Å². The fraction of sp³-hybridized carbons (Fsp3) is 0.947. The molecular weight excluding hydrogens is 276 g/mol. The Morgan fingerprint density at radius 1 is 0.773 bits per heavy atom. The van der Waals surface area contributed by atoms with Crippen molar-refractivity contribution in [2.75, 3.05) is 0 Å². The summed E-state index contributed by atoms with van der Waals surface area (Å²) in [7, 11) is 0. The molecule has 0 amide bonds. The molecule has 0 aromatic rings. The number of rotatable bonds is 4. The van der Waals surface area contributed by atoms with Gasteiger partial charge in [-0.15, -0.1) is 0 Å². The first-order valence-corrected chi connectivity index (χ1v) is 8.68. The second-order valence-corrected chi connectivity index (χ2v) is 9.91. The molecule has 0 aromatic carbocycles. The summed E-state index contributed by atoms with van der Waals surface area (Å²) in [4.78, 5) is 12.8. The first-order valence-electron chi connectivity index (χ1n) is 8.68. The third kappa shape index (κ3) is 2.99. The molecule has 0 spiro atoms. The van der Waals surface area contributed by atoms with Crippen molar-refractivity contribution in [2.45, 2.75) is 92.3 Å². The third-order valence-electron chi connectivity index (χ3n) is 7.31. The molecule has 3 heteroatoms. The van der Waals surface area contributed by atoms with Crippen LogP contribution in [0.3, 0.4) is 0 Å². The van der Waals surface area contributed by atoms with Gasteiger partial charge in [0.1, 0.15) is 5.78 Å². The van der Waals surface area contributed by atoms with Crippen LogP contribution in [0.25, 0.3) is 0 Å². The molecule has 0 aliphatic heterocycles. The normalized spacial score (nSPS) is 43.5. The van der Waals surface area contributed by atoms with E-state index in [9.17, 15) is 15.0 Å². The molecule has 0 radical (unpaired) electrons. The second-order valence-electron chi connectivity index (χ2n) is 9.91. The van der Waals surface area contributed by atoms with E-state index in [4.69, 9.17) is 0 Å². The minimum absolute atomic E-state index is 0.00626. The van der Waals surface area contributed by atoms with Crippen molar-refractivity contribution in [3.63, 3.8) is 0 Å². The van der Waals surface area contributed by atoms with E-state index in [1.807, 2.05) is 0 Å². The van der Waals surface area contributed by atoms with Gasteiger partial charge in [-0.2, -0.15) is 0 Å². The Bertz CT molecular complexity index is 414. The van der Waals surface area contributed by atoms with Crippen molar-refractivity contribution in [3.05, 3.63) is 0 Å². The third-order valence-corrected chi connectivity index (χ3v) is 7.31. The van der Waals surface area contributed by atoms with Crippen molar-refractivity contribution < 1.29 is 15.0 Å². The second kappa shape index (κ2) is 5.31. The smallest absolute Gasteiger partial charge is 0.134 e. The van der Waals surface area contributed by atoms with E-state index in [1.54, 1.807) is 0 Å². The molecule has 2 N–H and O–H groups in total. The van der Waals surface area contributed by atoms with Crippen molar-refractivity contribution in [1.29, 1.82) is 0 Å². The van der Waals surface area contributed by atoms with Crippen LogP contribution < -0.4 is 0 Å². The average Bonchev–Trinajstić information content (AvgIpc) is 2.54. The zero-order chi connectivity index (χ0) is 17.0. The molecule has 0 saturated heterocycles. The molecule has 0 heterocycles. The summed E-state index contributed by atoms with van der Waals surface area (Å²) in [5.41, 5.74) is -0.260. The maximum absolute atomic E-state index is 12.8. The van der Waals surface area contributed by atoms with Crippen LogP contribution in [0.2, 0.25) is 0 Å². The van der Waals surface area contributed by atoms with Crippen LogP contribution in [0.4, 0.5) is 0 Å². The average molecular weight is 310 g/mol. The molecule has 4 atom stereocenters. The fourth-order valence-corrected chi connectivity index (χ4v) is 4.96. The van der Waals surface area contributed by atoms with Gasteiger partial charge in [0.25, 0.3) is 0 Å². The highest BCUT2D eigenvalue weighted by Crippen LogP contribution is 2.57. The first kappa shape index (κ1) is 17.9.